The Morgan fingerprint density at radius 3 is 2.33 bits per heavy atom. The Labute approximate surface area is 71.2 Å². The third-order valence-electron chi connectivity index (χ3n) is 0.994. The number of hydrogen-bond donors (Lipinski definition) is 1. The molecule has 9 heavy (non-hydrogen) atoms. The number of carbonyl (C=O) groups is 1. The first-order valence-electron chi connectivity index (χ1n) is 2.99. The van der Waals surface area contributed by atoms with Gasteiger partial charge in [0.1, 0.15) is 0 Å². The van der Waals surface area contributed by atoms with Crippen LogP contribution in [0.2, 0.25) is 0 Å². The third-order valence-corrected chi connectivity index (χ3v) is 0.994. The number of carboxylic acids is 1. The van der Waals surface area contributed by atoms with Gasteiger partial charge in [-0.2, -0.15) is 0 Å². The molecule has 0 heterocycles. The number of rotatable bonds is 4. The Balaban J connectivity index is 0. The van der Waals surface area contributed by atoms with Crippen molar-refractivity contribution in [1.29, 1.82) is 0 Å². The summed E-state index contributed by atoms with van der Waals surface area (Å²) in [5.74, 6) is -0.682. The van der Waals surface area contributed by atoms with Crippen molar-refractivity contribution in [2.24, 2.45) is 0 Å². The van der Waals surface area contributed by atoms with E-state index in [2.05, 4.69) is 6.92 Å². The third kappa shape index (κ3) is 11.7. The molecule has 0 saturated carbocycles. The molecule has 0 rings (SSSR count). The van der Waals surface area contributed by atoms with Crippen molar-refractivity contribution in [2.45, 2.75) is 32.6 Å². The molecule has 0 fully saturated rings. The predicted molar refractivity (Wildman–Crippen MR) is 31.8 cm³/mol. The Kier molecular flexibility index (Phi) is 10.9. The van der Waals surface area contributed by atoms with Crippen LogP contribution in [-0.4, -0.2) is 11.1 Å². The topological polar surface area (TPSA) is 37.3 Å². The van der Waals surface area contributed by atoms with Crippen LogP contribution in [-0.2, 0) is 27.2 Å². The maximum absolute atomic E-state index is 9.87. The SMILES string of the molecule is CCCCCC(=O)O.[Ta]. The first-order chi connectivity index (χ1) is 3.77. The number of hydrogen-bond acceptors (Lipinski definition) is 1. The monoisotopic (exact) mass is 297 g/mol. The fourth-order valence-electron chi connectivity index (χ4n) is 0.526. The van der Waals surface area contributed by atoms with Crippen LogP contribution in [0.5, 0.6) is 0 Å². The Morgan fingerprint density at radius 2 is 2.00 bits per heavy atom. The van der Waals surface area contributed by atoms with Crippen LogP contribution in [0.15, 0.2) is 0 Å². The van der Waals surface area contributed by atoms with Crippen molar-refractivity contribution >= 4 is 5.97 Å². The van der Waals surface area contributed by atoms with E-state index >= 15 is 0 Å². The average molecular weight is 297 g/mol. The van der Waals surface area contributed by atoms with Gasteiger partial charge in [-0.05, 0) is 6.42 Å². The smallest absolute Gasteiger partial charge is 0.303 e. The molecule has 0 atom stereocenters. The van der Waals surface area contributed by atoms with E-state index in [4.69, 9.17) is 5.11 Å². The van der Waals surface area contributed by atoms with Crippen molar-refractivity contribution in [3.8, 4) is 0 Å². The van der Waals surface area contributed by atoms with E-state index in [1.807, 2.05) is 0 Å². The minimum absolute atomic E-state index is 0. The summed E-state index contributed by atoms with van der Waals surface area (Å²) >= 11 is 0. The molecular formula is C6H12O2Ta. The van der Waals surface area contributed by atoms with Crippen molar-refractivity contribution in [2.75, 3.05) is 0 Å². The molecule has 0 aliphatic rings. The van der Waals surface area contributed by atoms with E-state index in [9.17, 15) is 4.79 Å². The van der Waals surface area contributed by atoms with E-state index in [1.54, 1.807) is 0 Å². The predicted octanol–water partition coefficient (Wildman–Crippen LogP) is 1.65. The van der Waals surface area contributed by atoms with E-state index < -0.39 is 5.97 Å². The second-order valence-corrected chi connectivity index (χ2v) is 1.85. The minimum Gasteiger partial charge on any atom is -0.481 e. The molecule has 1 N–H and O–H groups in total. The zero-order valence-electron chi connectivity index (χ0n) is 5.63. The van der Waals surface area contributed by atoms with Gasteiger partial charge >= 0.3 is 5.97 Å². The van der Waals surface area contributed by atoms with Gasteiger partial charge in [0.05, 0.1) is 0 Å². The van der Waals surface area contributed by atoms with Crippen molar-refractivity contribution < 1.29 is 32.3 Å². The second-order valence-electron chi connectivity index (χ2n) is 1.85. The number of aliphatic carboxylic acids is 1. The molecular weight excluding hydrogens is 285 g/mol. The average Bonchev–Trinajstić information content (AvgIpc) is 1.66. The molecule has 0 aliphatic heterocycles. The Morgan fingerprint density at radius 1 is 1.44 bits per heavy atom. The molecule has 0 saturated heterocycles. The molecule has 0 aliphatic carbocycles. The summed E-state index contributed by atoms with van der Waals surface area (Å²) in [5, 5.41) is 8.14. The van der Waals surface area contributed by atoms with Crippen LogP contribution in [0.4, 0.5) is 0 Å². The summed E-state index contributed by atoms with van der Waals surface area (Å²) < 4.78 is 0. The molecule has 3 heteroatoms. The molecule has 0 bridgehead atoms. The summed E-state index contributed by atoms with van der Waals surface area (Å²) in [6, 6.07) is 0. The van der Waals surface area contributed by atoms with Crippen molar-refractivity contribution in [1.82, 2.24) is 0 Å². The van der Waals surface area contributed by atoms with Gasteiger partial charge in [0.2, 0.25) is 0 Å². The Hall–Kier alpha value is 0.210. The van der Waals surface area contributed by atoms with Crippen molar-refractivity contribution in [3.05, 3.63) is 0 Å². The van der Waals surface area contributed by atoms with Gasteiger partial charge < -0.3 is 5.11 Å². The number of carboxylic acid groups (broad SMARTS) is 1. The second kappa shape index (κ2) is 8.21. The number of unbranched alkanes of at least 4 members (excludes halogenated alkanes) is 2. The Bertz CT molecular complexity index is 73.5. The van der Waals surface area contributed by atoms with Crippen LogP contribution in [0, 0.1) is 0 Å². The maximum atomic E-state index is 9.87. The van der Waals surface area contributed by atoms with E-state index in [0.717, 1.165) is 19.3 Å². The molecule has 53 valence electrons. The minimum atomic E-state index is -0.682. The molecule has 0 aromatic carbocycles. The summed E-state index contributed by atoms with van der Waals surface area (Å²) in [6.07, 6.45) is 3.28. The quantitative estimate of drug-likeness (QED) is 0.801. The van der Waals surface area contributed by atoms with Crippen LogP contribution < -0.4 is 0 Å². The van der Waals surface area contributed by atoms with Gasteiger partial charge in [0, 0.05) is 28.8 Å². The van der Waals surface area contributed by atoms with E-state index in [0.29, 0.717) is 6.42 Å². The fourth-order valence-corrected chi connectivity index (χ4v) is 0.526. The van der Waals surface area contributed by atoms with Gasteiger partial charge in [0.15, 0.2) is 0 Å². The van der Waals surface area contributed by atoms with Crippen molar-refractivity contribution in [3.63, 3.8) is 0 Å². The molecule has 0 amide bonds. The zero-order chi connectivity index (χ0) is 6.41. The van der Waals surface area contributed by atoms with Crippen LogP contribution in [0.1, 0.15) is 32.6 Å². The van der Waals surface area contributed by atoms with E-state index in [1.165, 1.54) is 0 Å². The molecule has 0 unspecified atom stereocenters. The van der Waals surface area contributed by atoms with Crippen LogP contribution in [0.3, 0.4) is 0 Å². The molecule has 1 radical (unpaired) electrons. The standard InChI is InChI=1S/C6H12O2.Ta/c1-2-3-4-5-6(7)8;/h2-5H2,1H3,(H,7,8);. The van der Waals surface area contributed by atoms with Gasteiger partial charge in [-0.1, -0.05) is 19.8 Å². The van der Waals surface area contributed by atoms with Crippen LogP contribution >= 0.6 is 0 Å². The van der Waals surface area contributed by atoms with Gasteiger partial charge in [-0.25, -0.2) is 0 Å². The van der Waals surface area contributed by atoms with Gasteiger partial charge in [-0.15, -0.1) is 0 Å². The summed E-state index contributed by atoms with van der Waals surface area (Å²) in [5.41, 5.74) is 0. The summed E-state index contributed by atoms with van der Waals surface area (Å²) in [4.78, 5) is 9.87. The summed E-state index contributed by atoms with van der Waals surface area (Å²) in [6.45, 7) is 2.06. The van der Waals surface area contributed by atoms with Crippen LogP contribution in [0.25, 0.3) is 0 Å². The largest absolute Gasteiger partial charge is 0.481 e. The normalized spacial score (nSPS) is 8.11. The first kappa shape index (κ1) is 11.9. The molecule has 2 nitrogen and oxygen atoms in total. The zero-order valence-corrected chi connectivity index (χ0v) is 8.84. The van der Waals surface area contributed by atoms with E-state index in [-0.39, 0.29) is 22.4 Å². The molecule has 0 aromatic heterocycles. The molecule has 0 spiro atoms. The maximum Gasteiger partial charge on any atom is 0.303 e. The summed E-state index contributed by atoms with van der Waals surface area (Å²) in [7, 11) is 0. The fraction of sp³-hybridized carbons (Fsp3) is 0.833. The molecule has 0 aromatic rings. The van der Waals surface area contributed by atoms with Gasteiger partial charge in [0.25, 0.3) is 0 Å². The first-order valence-corrected chi connectivity index (χ1v) is 2.99. The van der Waals surface area contributed by atoms with Gasteiger partial charge in [-0.3, -0.25) is 4.79 Å².